The highest BCUT2D eigenvalue weighted by Crippen LogP contribution is 2.17. The van der Waals surface area contributed by atoms with Crippen LogP contribution in [-0.2, 0) is 14.3 Å². The SMILES string of the molecule is COc1ccccc1C(=O)N[C@@H](CCSC)C(=O)O[C@H](C)C(N)=O. The van der Waals surface area contributed by atoms with Gasteiger partial charge in [-0.2, -0.15) is 11.8 Å². The van der Waals surface area contributed by atoms with Gasteiger partial charge in [-0.15, -0.1) is 0 Å². The molecule has 7 nitrogen and oxygen atoms in total. The van der Waals surface area contributed by atoms with Gasteiger partial charge in [-0.25, -0.2) is 4.79 Å². The first-order chi connectivity index (χ1) is 11.4. The number of methoxy groups -OCH3 is 1. The van der Waals surface area contributed by atoms with Crippen LogP contribution < -0.4 is 15.8 Å². The molecule has 0 aliphatic heterocycles. The van der Waals surface area contributed by atoms with Gasteiger partial charge in [-0.3, -0.25) is 9.59 Å². The highest BCUT2D eigenvalue weighted by Gasteiger charge is 2.26. The molecule has 0 aliphatic rings. The lowest BCUT2D eigenvalue weighted by Crippen LogP contribution is -2.44. The summed E-state index contributed by atoms with van der Waals surface area (Å²) in [7, 11) is 1.46. The van der Waals surface area contributed by atoms with Crippen molar-refractivity contribution in [3.05, 3.63) is 29.8 Å². The first-order valence-electron chi connectivity index (χ1n) is 7.33. The van der Waals surface area contributed by atoms with Gasteiger partial charge in [0.2, 0.25) is 0 Å². The Bertz CT molecular complexity index is 594. The zero-order valence-electron chi connectivity index (χ0n) is 13.9. The fourth-order valence-electron chi connectivity index (χ4n) is 1.87. The van der Waals surface area contributed by atoms with Gasteiger partial charge in [0, 0.05) is 0 Å². The second kappa shape index (κ2) is 9.82. The van der Waals surface area contributed by atoms with Crippen molar-refractivity contribution < 1.29 is 23.9 Å². The topological polar surface area (TPSA) is 108 Å². The molecule has 1 aromatic rings. The molecule has 0 heterocycles. The molecule has 1 aromatic carbocycles. The maximum atomic E-state index is 12.4. The van der Waals surface area contributed by atoms with Crippen LogP contribution in [0, 0.1) is 0 Å². The predicted molar refractivity (Wildman–Crippen MR) is 92.0 cm³/mol. The highest BCUT2D eigenvalue weighted by molar-refractivity contribution is 7.98. The van der Waals surface area contributed by atoms with Crippen molar-refractivity contribution in [1.82, 2.24) is 5.32 Å². The number of amides is 2. The monoisotopic (exact) mass is 354 g/mol. The molecule has 1 rings (SSSR count). The Balaban J connectivity index is 2.86. The van der Waals surface area contributed by atoms with Crippen LogP contribution in [0.4, 0.5) is 0 Å². The molecule has 132 valence electrons. The summed E-state index contributed by atoms with van der Waals surface area (Å²) in [6.07, 6.45) is 1.19. The van der Waals surface area contributed by atoms with Crippen LogP contribution in [0.1, 0.15) is 23.7 Å². The van der Waals surface area contributed by atoms with Crippen LogP contribution in [0.15, 0.2) is 24.3 Å². The Morgan fingerprint density at radius 3 is 2.54 bits per heavy atom. The number of rotatable bonds is 9. The summed E-state index contributed by atoms with van der Waals surface area (Å²) in [5.74, 6) is -0.863. The van der Waals surface area contributed by atoms with Gasteiger partial charge in [-0.1, -0.05) is 12.1 Å². The van der Waals surface area contributed by atoms with Crippen molar-refractivity contribution in [2.75, 3.05) is 19.1 Å². The lowest BCUT2D eigenvalue weighted by Gasteiger charge is -2.19. The molecule has 0 saturated heterocycles. The van der Waals surface area contributed by atoms with Crippen molar-refractivity contribution in [2.24, 2.45) is 5.73 Å². The third-order valence-electron chi connectivity index (χ3n) is 3.25. The molecule has 0 aliphatic carbocycles. The quantitative estimate of drug-likeness (QED) is 0.640. The first kappa shape index (κ1) is 19.8. The summed E-state index contributed by atoms with van der Waals surface area (Å²) in [5, 5.41) is 2.63. The summed E-state index contributed by atoms with van der Waals surface area (Å²) >= 11 is 1.53. The standard InChI is InChI=1S/C16H22N2O5S/c1-10(14(17)19)23-16(21)12(8-9-24-3)18-15(20)11-6-4-5-7-13(11)22-2/h4-7,10,12H,8-9H2,1-3H3,(H2,17,19)(H,18,20)/t10-,12+/m1/s1. The smallest absolute Gasteiger partial charge is 0.329 e. The van der Waals surface area contributed by atoms with Crippen molar-refractivity contribution in [3.63, 3.8) is 0 Å². The molecule has 2 atom stereocenters. The number of carbonyl (C=O) groups is 3. The number of primary amides is 1. The van der Waals surface area contributed by atoms with Crippen LogP contribution >= 0.6 is 11.8 Å². The van der Waals surface area contributed by atoms with E-state index in [0.717, 1.165) is 0 Å². The molecule has 0 aromatic heterocycles. The number of nitrogens with one attached hydrogen (secondary N) is 1. The predicted octanol–water partition coefficient (Wildman–Crippen LogP) is 0.964. The number of nitrogens with two attached hydrogens (primary N) is 1. The van der Waals surface area contributed by atoms with Crippen molar-refractivity contribution in [3.8, 4) is 5.75 Å². The van der Waals surface area contributed by atoms with Crippen molar-refractivity contribution >= 4 is 29.5 Å². The number of esters is 1. The van der Waals surface area contributed by atoms with Gasteiger partial charge in [0.1, 0.15) is 11.8 Å². The average Bonchev–Trinajstić information content (AvgIpc) is 2.57. The second-order valence-corrected chi connectivity index (χ2v) is 5.97. The third kappa shape index (κ3) is 5.77. The Morgan fingerprint density at radius 2 is 1.96 bits per heavy atom. The van der Waals surface area contributed by atoms with E-state index in [-0.39, 0.29) is 0 Å². The number of benzene rings is 1. The van der Waals surface area contributed by atoms with Crippen LogP contribution in [0.5, 0.6) is 5.75 Å². The summed E-state index contributed by atoms with van der Waals surface area (Å²) < 4.78 is 10.1. The van der Waals surface area contributed by atoms with Gasteiger partial charge >= 0.3 is 5.97 Å². The van der Waals surface area contributed by atoms with Gasteiger partial charge < -0.3 is 20.5 Å². The van der Waals surface area contributed by atoms with Crippen LogP contribution in [0.2, 0.25) is 0 Å². The minimum absolute atomic E-state index is 0.310. The third-order valence-corrected chi connectivity index (χ3v) is 3.89. The molecule has 3 N–H and O–H groups in total. The first-order valence-corrected chi connectivity index (χ1v) is 8.72. The fourth-order valence-corrected chi connectivity index (χ4v) is 2.34. The molecule has 0 radical (unpaired) electrons. The van der Waals surface area contributed by atoms with E-state index in [9.17, 15) is 14.4 Å². The number of hydrogen-bond acceptors (Lipinski definition) is 6. The van der Waals surface area contributed by atoms with Crippen LogP contribution in [0.3, 0.4) is 0 Å². The summed E-state index contributed by atoms with van der Waals surface area (Å²) in [4.78, 5) is 35.7. The largest absolute Gasteiger partial charge is 0.496 e. The number of thioether (sulfide) groups is 1. The zero-order valence-corrected chi connectivity index (χ0v) is 14.7. The Labute approximate surface area is 145 Å². The zero-order chi connectivity index (χ0) is 18.1. The maximum absolute atomic E-state index is 12.4. The molecular weight excluding hydrogens is 332 g/mol. The molecule has 8 heteroatoms. The molecule has 24 heavy (non-hydrogen) atoms. The van der Waals surface area contributed by atoms with Crippen molar-refractivity contribution in [1.29, 1.82) is 0 Å². The summed E-state index contributed by atoms with van der Waals surface area (Å²) in [5.41, 5.74) is 5.40. The van der Waals surface area contributed by atoms with Crippen LogP contribution in [0.25, 0.3) is 0 Å². The Kier molecular flexibility index (Phi) is 8.11. The molecule has 2 amide bonds. The fraction of sp³-hybridized carbons (Fsp3) is 0.438. The molecular formula is C16H22N2O5S. The van der Waals surface area contributed by atoms with Gasteiger partial charge in [0.05, 0.1) is 12.7 Å². The van der Waals surface area contributed by atoms with Gasteiger partial charge in [-0.05, 0) is 37.5 Å². The van der Waals surface area contributed by atoms with E-state index in [1.807, 2.05) is 6.26 Å². The molecule has 0 fully saturated rings. The van der Waals surface area contributed by atoms with E-state index in [1.165, 1.54) is 25.8 Å². The molecule has 0 saturated carbocycles. The van der Waals surface area contributed by atoms with Gasteiger partial charge in [0.25, 0.3) is 11.8 Å². The molecule has 0 spiro atoms. The maximum Gasteiger partial charge on any atom is 0.329 e. The van der Waals surface area contributed by atoms with E-state index >= 15 is 0 Å². The number of para-hydroxylation sites is 1. The van der Waals surface area contributed by atoms with E-state index in [1.54, 1.807) is 24.3 Å². The normalized spacial score (nSPS) is 12.8. The van der Waals surface area contributed by atoms with Crippen LogP contribution in [-0.4, -0.2) is 49.0 Å². The lowest BCUT2D eigenvalue weighted by atomic mass is 10.1. The lowest BCUT2D eigenvalue weighted by molar-refractivity contribution is -0.155. The Morgan fingerprint density at radius 1 is 1.29 bits per heavy atom. The highest BCUT2D eigenvalue weighted by atomic mass is 32.2. The molecule has 0 unspecified atom stereocenters. The number of carbonyl (C=O) groups excluding carboxylic acids is 3. The summed E-state index contributed by atoms with van der Waals surface area (Å²) in [6, 6.07) is 5.80. The van der Waals surface area contributed by atoms with E-state index in [2.05, 4.69) is 5.32 Å². The van der Waals surface area contributed by atoms with Gasteiger partial charge in [0.15, 0.2) is 6.10 Å². The van der Waals surface area contributed by atoms with Crippen molar-refractivity contribution in [2.45, 2.75) is 25.5 Å². The molecule has 0 bridgehead atoms. The average molecular weight is 354 g/mol. The number of ether oxygens (including phenoxy) is 2. The second-order valence-electron chi connectivity index (χ2n) is 4.99. The summed E-state index contributed by atoms with van der Waals surface area (Å²) in [6.45, 7) is 1.38. The minimum atomic E-state index is -1.06. The number of hydrogen-bond donors (Lipinski definition) is 2. The Hall–Kier alpha value is -2.22. The van der Waals surface area contributed by atoms with E-state index < -0.39 is 29.9 Å². The van der Waals surface area contributed by atoms with E-state index in [4.69, 9.17) is 15.2 Å². The minimum Gasteiger partial charge on any atom is -0.496 e. The van der Waals surface area contributed by atoms with E-state index in [0.29, 0.717) is 23.5 Å².